The Morgan fingerprint density at radius 1 is 1.00 bits per heavy atom. The monoisotopic (exact) mass is 862 g/mol. The molecule has 1 aromatic carbocycles. The number of aromatic nitrogens is 4. The van der Waals surface area contributed by atoms with Crippen LogP contribution in [-0.4, -0.2) is 94.1 Å². The number of oxazole rings is 1. The van der Waals surface area contributed by atoms with Crippen molar-refractivity contribution < 1.29 is 46.6 Å². The molecule has 2 fully saturated rings. The summed E-state index contributed by atoms with van der Waals surface area (Å²) in [5.74, 6) is -0.184. The maximum absolute atomic E-state index is 14.2. The number of alkyl carbamates (subject to hydrolysis) is 1. The summed E-state index contributed by atoms with van der Waals surface area (Å²) in [6, 6.07) is 12.4. The molecular formula is C44H56F2N8O8. The second-order valence-corrected chi connectivity index (χ2v) is 16.7. The van der Waals surface area contributed by atoms with Crippen LogP contribution < -0.4 is 15.5 Å². The van der Waals surface area contributed by atoms with Gasteiger partial charge in [0.25, 0.3) is 12.3 Å². The molecule has 2 N–H and O–H groups in total. The Hall–Kier alpha value is -5.91. The molecule has 3 aromatic heterocycles. The first-order valence-corrected chi connectivity index (χ1v) is 21.1. The number of nitrogens with one attached hydrogen (secondary N) is 2. The van der Waals surface area contributed by atoms with E-state index in [1.165, 1.54) is 22.0 Å². The van der Waals surface area contributed by atoms with Gasteiger partial charge in [0.15, 0.2) is 11.4 Å². The zero-order valence-corrected chi connectivity index (χ0v) is 35.7. The van der Waals surface area contributed by atoms with Crippen molar-refractivity contribution in [2.75, 3.05) is 50.1 Å². The van der Waals surface area contributed by atoms with Crippen LogP contribution in [0.15, 0.2) is 65.5 Å². The number of carbonyl (C=O) groups is 4. The molecule has 0 atom stereocenters. The topological polar surface area (TPSA) is 183 Å². The first-order chi connectivity index (χ1) is 29.7. The van der Waals surface area contributed by atoms with Crippen LogP contribution in [0.3, 0.4) is 0 Å². The van der Waals surface area contributed by atoms with E-state index in [2.05, 4.69) is 25.7 Å². The fourth-order valence-corrected chi connectivity index (χ4v) is 7.04. The first-order valence-electron chi connectivity index (χ1n) is 21.1. The van der Waals surface area contributed by atoms with Gasteiger partial charge in [-0.1, -0.05) is 30.3 Å². The molecule has 0 saturated heterocycles. The Morgan fingerprint density at radius 2 is 1.74 bits per heavy atom. The standard InChI is InChI=1S/C44H56F2N8O8/c1-44(2,3)62-43(58)53(25-29-12-13-29)36-24-32(18-20-47-36)40-50-35(28-60-40)39(55)49-34-26-54(51-37(34)38(45)46)33-16-14-31(15-17-33)41(56)52(4)21-9-23-59-22-8-19-48-42(57)61-27-30-10-6-5-7-11-30/h5-7,10-11,18,20,24,26,28-29,31,33,38H,8-9,12-17,19,21-23,25,27H2,1-4H3,(H,48,57)(H,49,55). The number of pyridine rings is 1. The minimum absolute atomic E-state index is 0.0250. The SMILES string of the molecule is CN(CCCOCCCNC(=O)OCc1ccccc1)C(=O)C1CCC(n2cc(NC(=O)c3coc(-c4ccnc(N(CC5CC5)C(=O)OC(C)(C)C)c4)n3)c(C(F)F)n2)CC1. The number of hydrogen-bond donors (Lipinski definition) is 2. The number of alkyl halides is 2. The average Bonchev–Trinajstić information content (AvgIpc) is 3.75. The minimum Gasteiger partial charge on any atom is -0.445 e. The molecule has 0 aliphatic heterocycles. The van der Waals surface area contributed by atoms with Gasteiger partial charge in [-0.3, -0.25) is 19.2 Å². The molecule has 62 heavy (non-hydrogen) atoms. The third-order valence-corrected chi connectivity index (χ3v) is 10.5. The molecule has 2 aliphatic carbocycles. The minimum atomic E-state index is -2.96. The van der Waals surface area contributed by atoms with Gasteiger partial charge < -0.3 is 34.2 Å². The number of nitrogens with zero attached hydrogens (tertiary/aromatic N) is 6. The van der Waals surface area contributed by atoms with Crippen molar-refractivity contribution >= 4 is 35.5 Å². The summed E-state index contributed by atoms with van der Waals surface area (Å²) in [4.78, 5) is 63.3. The maximum atomic E-state index is 14.2. The summed E-state index contributed by atoms with van der Waals surface area (Å²) in [7, 11) is 1.76. The fourth-order valence-electron chi connectivity index (χ4n) is 7.04. The van der Waals surface area contributed by atoms with Crippen LogP contribution in [0.25, 0.3) is 11.5 Å². The van der Waals surface area contributed by atoms with E-state index >= 15 is 0 Å². The Balaban J connectivity index is 0.935. The Morgan fingerprint density at radius 3 is 2.45 bits per heavy atom. The molecule has 18 heteroatoms. The van der Waals surface area contributed by atoms with Crippen LogP contribution in [0, 0.1) is 11.8 Å². The van der Waals surface area contributed by atoms with Gasteiger partial charge in [-0.25, -0.2) is 28.3 Å². The average molecular weight is 863 g/mol. The van der Waals surface area contributed by atoms with E-state index in [1.54, 1.807) is 44.9 Å². The second-order valence-electron chi connectivity index (χ2n) is 16.7. The van der Waals surface area contributed by atoms with Gasteiger partial charge in [0.05, 0.1) is 11.7 Å². The van der Waals surface area contributed by atoms with Gasteiger partial charge in [0.2, 0.25) is 11.8 Å². The molecule has 0 unspecified atom stereocenters. The van der Waals surface area contributed by atoms with Gasteiger partial charge in [0.1, 0.15) is 24.3 Å². The summed E-state index contributed by atoms with van der Waals surface area (Å²) < 4.78 is 52.0. The van der Waals surface area contributed by atoms with E-state index in [0.29, 0.717) is 88.7 Å². The molecule has 0 spiro atoms. The predicted octanol–water partition coefficient (Wildman–Crippen LogP) is 8.19. The van der Waals surface area contributed by atoms with Crippen LogP contribution in [0.4, 0.5) is 29.9 Å². The number of hydrogen-bond acceptors (Lipinski definition) is 11. The molecule has 4 amide bonds. The van der Waals surface area contributed by atoms with Crippen molar-refractivity contribution in [3.05, 3.63) is 78.1 Å². The van der Waals surface area contributed by atoms with Crippen LogP contribution in [-0.2, 0) is 25.6 Å². The number of benzene rings is 1. The summed E-state index contributed by atoms with van der Waals surface area (Å²) >= 11 is 0. The quantitative estimate of drug-likeness (QED) is 0.0867. The van der Waals surface area contributed by atoms with Gasteiger partial charge in [-0.2, -0.15) is 5.10 Å². The zero-order chi connectivity index (χ0) is 44.2. The number of carbonyl (C=O) groups excluding carboxylic acids is 4. The van der Waals surface area contributed by atoms with Crippen LogP contribution in [0.1, 0.15) is 106 Å². The van der Waals surface area contributed by atoms with Crippen molar-refractivity contribution in [2.24, 2.45) is 11.8 Å². The highest BCUT2D eigenvalue weighted by Crippen LogP contribution is 2.36. The summed E-state index contributed by atoms with van der Waals surface area (Å²) in [6.07, 6.45) is 5.55. The molecular weight excluding hydrogens is 807 g/mol. The molecule has 2 aliphatic rings. The smallest absolute Gasteiger partial charge is 0.416 e. The lowest BCUT2D eigenvalue weighted by Crippen LogP contribution is -2.38. The second kappa shape index (κ2) is 21.3. The van der Waals surface area contributed by atoms with E-state index in [0.717, 1.165) is 24.7 Å². The maximum Gasteiger partial charge on any atom is 0.416 e. The Kier molecular flexibility index (Phi) is 15.6. The molecule has 0 radical (unpaired) electrons. The van der Waals surface area contributed by atoms with E-state index in [9.17, 15) is 28.0 Å². The zero-order valence-electron chi connectivity index (χ0n) is 35.7. The summed E-state index contributed by atoms with van der Waals surface area (Å²) in [5, 5.41) is 9.38. The number of halogens is 2. The van der Waals surface area contributed by atoms with Crippen molar-refractivity contribution in [3.63, 3.8) is 0 Å². The van der Waals surface area contributed by atoms with Crippen LogP contribution in [0.5, 0.6) is 0 Å². The van der Waals surface area contributed by atoms with Gasteiger partial charge in [-0.15, -0.1) is 0 Å². The Bertz CT molecular complexity index is 2110. The van der Waals surface area contributed by atoms with Gasteiger partial charge in [0, 0.05) is 63.8 Å². The summed E-state index contributed by atoms with van der Waals surface area (Å²) in [6.45, 7) is 7.88. The molecule has 16 nitrogen and oxygen atoms in total. The van der Waals surface area contributed by atoms with Crippen molar-refractivity contribution in [2.45, 2.75) is 96.8 Å². The highest BCUT2D eigenvalue weighted by atomic mass is 19.3. The van der Waals surface area contributed by atoms with Gasteiger partial charge >= 0.3 is 12.2 Å². The normalized spacial score (nSPS) is 16.4. The highest BCUT2D eigenvalue weighted by Gasteiger charge is 2.33. The number of anilines is 2. The summed E-state index contributed by atoms with van der Waals surface area (Å²) in [5.41, 5.74) is -0.207. The number of amides is 4. The molecule has 3 heterocycles. The van der Waals surface area contributed by atoms with E-state index in [4.69, 9.17) is 18.6 Å². The number of rotatable bonds is 19. The van der Waals surface area contributed by atoms with Crippen molar-refractivity contribution in [3.8, 4) is 11.5 Å². The predicted molar refractivity (Wildman–Crippen MR) is 224 cm³/mol. The van der Waals surface area contributed by atoms with Crippen LogP contribution >= 0.6 is 0 Å². The largest absolute Gasteiger partial charge is 0.445 e. The first kappa shape index (κ1) is 45.6. The third kappa shape index (κ3) is 13.3. The highest BCUT2D eigenvalue weighted by molar-refractivity contribution is 6.03. The van der Waals surface area contributed by atoms with Gasteiger partial charge in [-0.05, 0) is 95.8 Å². The van der Waals surface area contributed by atoms with E-state index in [1.807, 2.05) is 30.3 Å². The molecule has 334 valence electrons. The van der Waals surface area contributed by atoms with Crippen LogP contribution in [0.2, 0.25) is 0 Å². The number of ether oxygens (including phenoxy) is 3. The van der Waals surface area contributed by atoms with E-state index < -0.39 is 35.8 Å². The lowest BCUT2D eigenvalue weighted by atomic mass is 9.85. The third-order valence-electron chi connectivity index (χ3n) is 10.5. The van der Waals surface area contributed by atoms with E-state index in [-0.39, 0.29) is 41.7 Å². The van der Waals surface area contributed by atoms with Crippen molar-refractivity contribution in [1.29, 1.82) is 0 Å². The molecule has 0 bridgehead atoms. The molecule has 4 aromatic rings. The lowest BCUT2D eigenvalue weighted by molar-refractivity contribution is -0.135. The Labute approximate surface area is 359 Å². The fraction of sp³-hybridized carbons (Fsp3) is 0.523. The molecule has 6 rings (SSSR count). The molecule has 2 saturated carbocycles. The lowest BCUT2D eigenvalue weighted by Gasteiger charge is -2.30. The van der Waals surface area contributed by atoms with Crippen molar-refractivity contribution in [1.82, 2.24) is 30.0 Å².